The Morgan fingerprint density at radius 1 is 1.35 bits per heavy atom. The van der Waals surface area contributed by atoms with Gasteiger partial charge in [0.05, 0.1) is 10.6 Å². The van der Waals surface area contributed by atoms with Crippen LogP contribution in [0.1, 0.15) is 35.5 Å². The third kappa shape index (κ3) is 3.03. The zero-order chi connectivity index (χ0) is 14.7. The molecule has 20 heavy (non-hydrogen) atoms. The molecule has 2 aromatic rings. The van der Waals surface area contributed by atoms with Gasteiger partial charge in [-0.3, -0.25) is 10.1 Å². The number of benzene rings is 1. The van der Waals surface area contributed by atoms with Crippen LogP contribution in [-0.4, -0.2) is 10.1 Å². The highest BCUT2D eigenvalue weighted by Crippen LogP contribution is 2.19. The van der Waals surface area contributed by atoms with Crippen molar-refractivity contribution in [2.24, 2.45) is 0 Å². The monoisotopic (exact) mass is 275 g/mol. The van der Waals surface area contributed by atoms with Gasteiger partial charge in [0.25, 0.3) is 5.69 Å². The molecule has 1 heterocycles. The van der Waals surface area contributed by atoms with Crippen LogP contribution >= 0.6 is 0 Å². The van der Waals surface area contributed by atoms with Gasteiger partial charge in [0.2, 0.25) is 0 Å². The third-order valence-corrected chi connectivity index (χ3v) is 3.37. The first-order valence-electron chi connectivity index (χ1n) is 6.38. The van der Waals surface area contributed by atoms with Gasteiger partial charge < -0.3 is 9.84 Å². The minimum absolute atomic E-state index is 0.0875. The minimum Gasteiger partial charge on any atom is -0.361 e. The van der Waals surface area contributed by atoms with E-state index in [0.717, 1.165) is 22.6 Å². The van der Waals surface area contributed by atoms with Crippen molar-refractivity contribution in [2.75, 3.05) is 0 Å². The predicted octanol–water partition coefficient (Wildman–Crippen LogP) is 3.05. The molecule has 0 aliphatic rings. The second-order valence-corrected chi connectivity index (χ2v) is 4.75. The molecule has 106 valence electrons. The van der Waals surface area contributed by atoms with Crippen LogP contribution in [0.3, 0.4) is 0 Å². The lowest BCUT2D eigenvalue weighted by molar-refractivity contribution is -0.384. The van der Waals surface area contributed by atoms with E-state index in [4.69, 9.17) is 4.52 Å². The first kappa shape index (κ1) is 14.2. The second-order valence-electron chi connectivity index (χ2n) is 4.75. The van der Waals surface area contributed by atoms with Gasteiger partial charge >= 0.3 is 0 Å². The van der Waals surface area contributed by atoms with Gasteiger partial charge in [-0.1, -0.05) is 17.3 Å². The Labute approximate surface area is 116 Å². The lowest BCUT2D eigenvalue weighted by Gasteiger charge is -2.13. The molecule has 1 N–H and O–H groups in total. The summed E-state index contributed by atoms with van der Waals surface area (Å²) in [5.41, 5.74) is 3.04. The maximum atomic E-state index is 10.6. The fraction of sp³-hybridized carbons (Fsp3) is 0.357. The summed E-state index contributed by atoms with van der Waals surface area (Å²) < 4.78 is 5.11. The highest BCUT2D eigenvalue weighted by molar-refractivity contribution is 5.34. The van der Waals surface area contributed by atoms with Crippen molar-refractivity contribution in [3.63, 3.8) is 0 Å². The van der Waals surface area contributed by atoms with Crippen LogP contribution in [0, 0.1) is 24.0 Å². The van der Waals surface area contributed by atoms with Crippen molar-refractivity contribution in [3.8, 4) is 0 Å². The number of rotatable bonds is 5. The number of nitrogens with one attached hydrogen (secondary N) is 1. The van der Waals surface area contributed by atoms with E-state index in [1.807, 2.05) is 20.8 Å². The minimum atomic E-state index is -0.397. The standard InChI is InChI=1S/C14H17N3O3/c1-9(12-4-6-13(7-5-12)17(18)19)15-8-14-10(2)16-20-11(14)3/h4-7,9,15H,8H2,1-3H3. The van der Waals surface area contributed by atoms with Gasteiger partial charge in [-0.25, -0.2) is 0 Å². The van der Waals surface area contributed by atoms with Crippen molar-refractivity contribution in [1.29, 1.82) is 0 Å². The van der Waals surface area contributed by atoms with Gasteiger partial charge in [0, 0.05) is 30.3 Å². The SMILES string of the molecule is Cc1noc(C)c1CNC(C)c1ccc([N+](=O)[O-])cc1. The number of hydrogen-bond donors (Lipinski definition) is 1. The predicted molar refractivity (Wildman–Crippen MR) is 74.3 cm³/mol. The summed E-state index contributed by atoms with van der Waals surface area (Å²) in [6.45, 7) is 6.45. The molecule has 0 spiro atoms. The summed E-state index contributed by atoms with van der Waals surface area (Å²) in [6, 6.07) is 6.66. The zero-order valence-electron chi connectivity index (χ0n) is 11.7. The quantitative estimate of drug-likeness (QED) is 0.670. The first-order valence-corrected chi connectivity index (χ1v) is 6.38. The molecule has 1 unspecified atom stereocenters. The van der Waals surface area contributed by atoms with Gasteiger partial charge in [0.1, 0.15) is 5.76 Å². The molecule has 0 aliphatic heterocycles. The normalized spacial score (nSPS) is 12.3. The third-order valence-electron chi connectivity index (χ3n) is 3.37. The summed E-state index contributed by atoms with van der Waals surface area (Å²) in [7, 11) is 0. The van der Waals surface area contributed by atoms with E-state index >= 15 is 0 Å². The summed E-state index contributed by atoms with van der Waals surface area (Å²) in [5, 5.41) is 17.9. The Balaban J connectivity index is 2.01. The Morgan fingerprint density at radius 3 is 2.50 bits per heavy atom. The van der Waals surface area contributed by atoms with Gasteiger partial charge in [0.15, 0.2) is 0 Å². The molecule has 6 nitrogen and oxygen atoms in total. The smallest absolute Gasteiger partial charge is 0.269 e. The molecule has 0 aliphatic carbocycles. The number of nitrogens with zero attached hydrogens (tertiary/aromatic N) is 2. The maximum Gasteiger partial charge on any atom is 0.269 e. The maximum absolute atomic E-state index is 10.6. The van der Waals surface area contributed by atoms with Crippen LogP contribution in [-0.2, 0) is 6.54 Å². The van der Waals surface area contributed by atoms with E-state index in [1.54, 1.807) is 12.1 Å². The number of non-ortho nitro benzene ring substituents is 1. The van der Waals surface area contributed by atoms with Crippen LogP contribution in [0.25, 0.3) is 0 Å². The van der Waals surface area contributed by atoms with Gasteiger partial charge in [-0.15, -0.1) is 0 Å². The summed E-state index contributed by atoms with van der Waals surface area (Å²) >= 11 is 0. The number of hydrogen-bond acceptors (Lipinski definition) is 5. The number of aryl methyl sites for hydroxylation is 2. The van der Waals surface area contributed by atoms with E-state index in [-0.39, 0.29) is 11.7 Å². The Bertz CT molecular complexity index is 585. The fourth-order valence-electron chi connectivity index (χ4n) is 2.01. The Morgan fingerprint density at radius 2 is 2.00 bits per heavy atom. The molecule has 0 saturated carbocycles. The van der Waals surface area contributed by atoms with Crippen molar-refractivity contribution in [2.45, 2.75) is 33.4 Å². The Hall–Kier alpha value is -2.21. The van der Waals surface area contributed by atoms with E-state index in [2.05, 4.69) is 10.5 Å². The van der Waals surface area contributed by atoms with Crippen LogP contribution in [0.4, 0.5) is 5.69 Å². The number of nitro groups is 1. The van der Waals surface area contributed by atoms with E-state index in [9.17, 15) is 10.1 Å². The van der Waals surface area contributed by atoms with Crippen molar-refractivity contribution >= 4 is 5.69 Å². The van der Waals surface area contributed by atoms with E-state index < -0.39 is 4.92 Å². The van der Waals surface area contributed by atoms with Crippen molar-refractivity contribution in [3.05, 3.63) is 57.0 Å². The van der Waals surface area contributed by atoms with E-state index in [0.29, 0.717) is 6.54 Å². The lowest BCUT2D eigenvalue weighted by Crippen LogP contribution is -2.18. The first-order chi connectivity index (χ1) is 9.49. The lowest BCUT2D eigenvalue weighted by atomic mass is 10.1. The molecular weight excluding hydrogens is 258 g/mol. The molecular formula is C14H17N3O3. The van der Waals surface area contributed by atoms with Crippen LogP contribution in [0.2, 0.25) is 0 Å². The molecule has 6 heteroatoms. The number of nitro benzene ring substituents is 1. The topological polar surface area (TPSA) is 81.2 Å². The summed E-state index contributed by atoms with van der Waals surface area (Å²) in [6.07, 6.45) is 0. The van der Waals surface area contributed by atoms with Crippen LogP contribution < -0.4 is 5.32 Å². The largest absolute Gasteiger partial charge is 0.361 e. The molecule has 0 fully saturated rings. The molecule has 1 aromatic carbocycles. The van der Waals surface area contributed by atoms with Gasteiger partial charge in [-0.2, -0.15) is 0 Å². The second kappa shape index (κ2) is 5.83. The molecule has 1 aromatic heterocycles. The summed E-state index contributed by atoms with van der Waals surface area (Å²) in [5.74, 6) is 0.811. The molecule has 0 radical (unpaired) electrons. The molecule has 0 amide bonds. The summed E-state index contributed by atoms with van der Waals surface area (Å²) in [4.78, 5) is 10.2. The molecule has 0 saturated heterocycles. The molecule has 2 rings (SSSR count). The van der Waals surface area contributed by atoms with Gasteiger partial charge in [-0.05, 0) is 26.3 Å². The van der Waals surface area contributed by atoms with Crippen molar-refractivity contribution in [1.82, 2.24) is 10.5 Å². The highest BCUT2D eigenvalue weighted by atomic mass is 16.6. The number of aromatic nitrogens is 1. The Kier molecular flexibility index (Phi) is 4.14. The van der Waals surface area contributed by atoms with Crippen LogP contribution in [0.5, 0.6) is 0 Å². The van der Waals surface area contributed by atoms with Crippen LogP contribution in [0.15, 0.2) is 28.8 Å². The fourth-order valence-corrected chi connectivity index (χ4v) is 2.01. The average Bonchev–Trinajstić information content (AvgIpc) is 2.75. The van der Waals surface area contributed by atoms with E-state index in [1.165, 1.54) is 12.1 Å². The average molecular weight is 275 g/mol. The molecule has 1 atom stereocenters. The molecule has 0 bridgehead atoms. The highest BCUT2D eigenvalue weighted by Gasteiger charge is 2.12. The van der Waals surface area contributed by atoms with Crippen molar-refractivity contribution < 1.29 is 9.45 Å². The zero-order valence-corrected chi connectivity index (χ0v) is 11.7.